The standard InChI is InChI=1S/C22H23N3O2/c1-27-18-11-9-16(10-12-18)14-25-15-19(21(26)17-6-3-2-4-7-17)24-22-20(25)8-5-13-23-22/h2-13,19,21,26H,14-15H2,1H3,(H,23,24)/t19-,21-/m0/s1. The largest absolute Gasteiger partial charge is 0.497 e. The van der Waals surface area contributed by atoms with E-state index in [9.17, 15) is 5.11 Å². The van der Waals surface area contributed by atoms with Crippen LogP contribution >= 0.6 is 0 Å². The predicted molar refractivity (Wildman–Crippen MR) is 107 cm³/mol. The molecule has 4 rings (SSSR count). The van der Waals surface area contributed by atoms with Crippen LogP contribution in [0.2, 0.25) is 0 Å². The van der Waals surface area contributed by atoms with Gasteiger partial charge in [-0.3, -0.25) is 0 Å². The van der Waals surface area contributed by atoms with E-state index in [1.807, 2.05) is 48.5 Å². The van der Waals surface area contributed by atoms with Crippen molar-refractivity contribution in [3.05, 3.63) is 84.1 Å². The van der Waals surface area contributed by atoms with Gasteiger partial charge in [0.1, 0.15) is 17.7 Å². The first-order valence-electron chi connectivity index (χ1n) is 9.07. The van der Waals surface area contributed by atoms with Gasteiger partial charge in [-0.25, -0.2) is 4.98 Å². The number of nitrogens with one attached hydrogen (secondary N) is 1. The fourth-order valence-corrected chi connectivity index (χ4v) is 3.48. The van der Waals surface area contributed by atoms with Crippen LogP contribution < -0.4 is 15.0 Å². The van der Waals surface area contributed by atoms with Crippen LogP contribution in [0.15, 0.2) is 72.9 Å². The van der Waals surface area contributed by atoms with Crippen LogP contribution in [0.4, 0.5) is 11.5 Å². The number of aliphatic hydroxyl groups excluding tert-OH is 1. The molecular weight excluding hydrogens is 338 g/mol. The van der Waals surface area contributed by atoms with Gasteiger partial charge in [-0.15, -0.1) is 0 Å². The van der Waals surface area contributed by atoms with E-state index in [1.54, 1.807) is 13.3 Å². The molecule has 2 heterocycles. The molecule has 2 aromatic carbocycles. The Morgan fingerprint density at radius 2 is 1.89 bits per heavy atom. The Kier molecular flexibility index (Phi) is 4.94. The Balaban J connectivity index is 1.59. The van der Waals surface area contributed by atoms with Crippen molar-refractivity contribution < 1.29 is 9.84 Å². The summed E-state index contributed by atoms with van der Waals surface area (Å²) in [7, 11) is 1.67. The molecule has 2 N–H and O–H groups in total. The Morgan fingerprint density at radius 1 is 1.11 bits per heavy atom. The third-order valence-corrected chi connectivity index (χ3v) is 4.92. The number of pyridine rings is 1. The van der Waals surface area contributed by atoms with Gasteiger partial charge in [0.25, 0.3) is 0 Å². The van der Waals surface area contributed by atoms with Crippen molar-refractivity contribution >= 4 is 11.5 Å². The zero-order valence-electron chi connectivity index (χ0n) is 15.2. The summed E-state index contributed by atoms with van der Waals surface area (Å²) in [4.78, 5) is 6.74. The van der Waals surface area contributed by atoms with E-state index in [0.29, 0.717) is 6.54 Å². The lowest BCUT2D eigenvalue weighted by atomic mass is 9.99. The number of rotatable bonds is 5. The monoisotopic (exact) mass is 361 g/mol. The minimum atomic E-state index is -0.611. The van der Waals surface area contributed by atoms with E-state index in [0.717, 1.165) is 29.4 Å². The van der Waals surface area contributed by atoms with Crippen LogP contribution in [-0.4, -0.2) is 29.8 Å². The molecule has 1 aliphatic rings. The number of benzene rings is 2. The molecule has 0 unspecified atom stereocenters. The maximum Gasteiger partial charge on any atom is 0.149 e. The molecule has 0 aliphatic carbocycles. The lowest BCUT2D eigenvalue weighted by Gasteiger charge is -2.38. The molecule has 2 atom stereocenters. The van der Waals surface area contributed by atoms with Gasteiger partial charge in [0.05, 0.1) is 18.8 Å². The average Bonchev–Trinajstić information content (AvgIpc) is 2.74. The topological polar surface area (TPSA) is 57.6 Å². The molecule has 5 heteroatoms. The van der Waals surface area contributed by atoms with E-state index >= 15 is 0 Å². The number of hydrogen-bond donors (Lipinski definition) is 2. The highest BCUT2D eigenvalue weighted by Crippen LogP contribution is 2.33. The van der Waals surface area contributed by atoms with Crippen molar-refractivity contribution in [3.8, 4) is 5.75 Å². The van der Waals surface area contributed by atoms with Crippen molar-refractivity contribution in [2.75, 3.05) is 23.9 Å². The maximum absolute atomic E-state index is 10.9. The first-order valence-corrected chi connectivity index (χ1v) is 9.07. The minimum Gasteiger partial charge on any atom is -0.497 e. The molecule has 1 aromatic heterocycles. The molecular formula is C22H23N3O2. The van der Waals surface area contributed by atoms with E-state index < -0.39 is 6.10 Å². The number of ether oxygens (including phenoxy) is 1. The van der Waals surface area contributed by atoms with Crippen molar-refractivity contribution in [1.82, 2.24) is 4.98 Å². The van der Waals surface area contributed by atoms with Gasteiger partial charge in [0.2, 0.25) is 0 Å². The predicted octanol–water partition coefficient (Wildman–Crippen LogP) is 3.62. The molecule has 0 amide bonds. The van der Waals surface area contributed by atoms with Gasteiger partial charge in [0, 0.05) is 19.3 Å². The third-order valence-electron chi connectivity index (χ3n) is 4.92. The highest BCUT2D eigenvalue weighted by Gasteiger charge is 2.30. The van der Waals surface area contributed by atoms with Gasteiger partial charge in [-0.05, 0) is 35.4 Å². The minimum absolute atomic E-state index is 0.145. The molecule has 138 valence electrons. The van der Waals surface area contributed by atoms with Crippen molar-refractivity contribution in [1.29, 1.82) is 0 Å². The summed E-state index contributed by atoms with van der Waals surface area (Å²) >= 11 is 0. The van der Waals surface area contributed by atoms with Gasteiger partial charge in [0.15, 0.2) is 0 Å². The normalized spacial score (nSPS) is 17.0. The summed E-state index contributed by atoms with van der Waals surface area (Å²) < 4.78 is 5.25. The zero-order valence-corrected chi connectivity index (χ0v) is 15.2. The Hall–Kier alpha value is -3.05. The molecule has 27 heavy (non-hydrogen) atoms. The first kappa shape index (κ1) is 17.4. The van der Waals surface area contributed by atoms with Gasteiger partial charge in [-0.2, -0.15) is 0 Å². The summed E-state index contributed by atoms with van der Waals surface area (Å²) in [5.74, 6) is 1.65. The lowest BCUT2D eigenvalue weighted by molar-refractivity contribution is 0.154. The fraction of sp³-hybridized carbons (Fsp3) is 0.227. The summed E-state index contributed by atoms with van der Waals surface area (Å²) in [6.45, 7) is 1.42. The third kappa shape index (κ3) is 3.73. The average molecular weight is 361 g/mol. The number of anilines is 2. The van der Waals surface area contributed by atoms with Crippen LogP contribution in [0, 0.1) is 0 Å². The Labute approximate surface area is 159 Å². The van der Waals surface area contributed by atoms with Crippen LogP contribution in [-0.2, 0) is 6.54 Å². The Bertz CT molecular complexity index is 884. The Morgan fingerprint density at radius 3 is 2.63 bits per heavy atom. The first-order chi connectivity index (χ1) is 13.2. The van der Waals surface area contributed by atoms with Crippen molar-refractivity contribution in [3.63, 3.8) is 0 Å². The molecule has 5 nitrogen and oxygen atoms in total. The molecule has 3 aromatic rings. The van der Waals surface area contributed by atoms with E-state index in [1.165, 1.54) is 5.56 Å². The molecule has 0 spiro atoms. The van der Waals surface area contributed by atoms with Crippen LogP contribution in [0.3, 0.4) is 0 Å². The SMILES string of the molecule is COc1ccc(CN2C[C@@H]([C@@H](O)c3ccccc3)Nc3ncccc32)cc1. The van der Waals surface area contributed by atoms with E-state index in [4.69, 9.17) is 4.74 Å². The second-order valence-electron chi connectivity index (χ2n) is 6.71. The second-order valence-corrected chi connectivity index (χ2v) is 6.71. The lowest BCUT2D eigenvalue weighted by Crippen LogP contribution is -2.44. The summed E-state index contributed by atoms with van der Waals surface area (Å²) in [6, 6.07) is 21.7. The van der Waals surface area contributed by atoms with Gasteiger partial charge >= 0.3 is 0 Å². The van der Waals surface area contributed by atoms with Gasteiger partial charge < -0.3 is 20.1 Å². The van der Waals surface area contributed by atoms with Gasteiger partial charge in [-0.1, -0.05) is 42.5 Å². The van der Waals surface area contributed by atoms with Crippen molar-refractivity contribution in [2.45, 2.75) is 18.7 Å². The summed E-state index contributed by atoms with van der Waals surface area (Å²) in [5, 5.41) is 14.3. The smallest absolute Gasteiger partial charge is 0.149 e. The van der Waals surface area contributed by atoms with E-state index in [-0.39, 0.29) is 6.04 Å². The summed E-state index contributed by atoms with van der Waals surface area (Å²) in [6.07, 6.45) is 1.16. The van der Waals surface area contributed by atoms with Crippen LogP contribution in [0.25, 0.3) is 0 Å². The van der Waals surface area contributed by atoms with Crippen molar-refractivity contribution in [2.24, 2.45) is 0 Å². The highest BCUT2D eigenvalue weighted by atomic mass is 16.5. The number of hydrogen-bond acceptors (Lipinski definition) is 5. The second kappa shape index (κ2) is 7.68. The number of nitrogens with zero attached hydrogens (tertiary/aromatic N) is 2. The zero-order chi connectivity index (χ0) is 18.6. The number of aromatic nitrogens is 1. The fourth-order valence-electron chi connectivity index (χ4n) is 3.48. The molecule has 0 fully saturated rings. The van der Waals surface area contributed by atoms with Crippen LogP contribution in [0.1, 0.15) is 17.2 Å². The highest BCUT2D eigenvalue weighted by molar-refractivity contribution is 5.69. The number of methoxy groups -OCH3 is 1. The number of aliphatic hydroxyl groups is 1. The summed E-state index contributed by atoms with van der Waals surface area (Å²) in [5.41, 5.74) is 3.13. The number of fused-ring (bicyclic) bond motifs is 1. The molecule has 1 aliphatic heterocycles. The van der Waals surface area contributed by atoms with Crippen LogP contribution in [0.5, 0.6) is 5.75 Å². The quantitative estimate of drug-likeness (QED) is 0.727. The van der Waals surface area contributed by atoms with E-state index in [2.05, 4.69) is 33.4 Å². The molecule has 0 bridgehead atoms. The molecule has 0 radical (unpaired) electrons. The molecule has 0 saturated carbocycles. The maximum atomic E-state index is 10.9. The molecule has 0 saturated heterocycles.